The molecule has 3 nitrogen and oxygen atoms in total. The number of nitrogens with zero attached hydrogens (tertiary/aromatic N) is 2. The van der Waals surface area contributed by atoms with E-state index in [0.29, 0.717) is 0 Å². The average molecular weight is 253 g/mol. The van der Waals surface area contributed by atoms with Crippen molar-refractivity contribution < 1.29 is 0 Å². The van der Waals surface area contributed by atoms with Crippen LogP contribution in [0.15, 0.2) is 17.6 Å². The Balaban J connectivity index is 2.39. The normalized spacial score (nSPS) is 13.0. The number of hydrogen-bond donors (Lipinski definition) is 1. The smallest absolute Gasteiger partial charge is 0.187 e. The summed E-state index contributed by atoms with van der Waals surface area (Å²) in [4.78, 5) is 8.72. The summed E-state index contributed by atoms with van der Waals surface area (Å²) >= 11 is 1.73. The summed E-state index contributed by atoms with van der Waals surface area (Å²) in [5.41, 5.74) is 7.03. The first kappa shape index (κ1) is 14.5. The molecule has 0 aliphatic heterocycles. The van der Waals surface area contributed by atoms with E-state index < -0.39 is 0 Å². The van der Waals surface area contributed by atoms with Crippen molar-refractivity contribution in [1.29, 1.82) is 0 Å². The Kier molecular flexibility index (Phi) is 6.52. The van der Waals surface area contributed by atoms with Crippen LogP contribution in [-0.4, -0.2) is 21.8 Å². The average Bonchev–Trinajstić information content (AvgIpc) is 2.31. The second-order valence-electron chi connectivity index (χ2n) is 4.78. The third-order valence-electron chi connectivity index (χ3n) is 2.63. The van der Waals surface area contributed by atoms with Gasteiger partial charge in [0.2, 0.25) is 0 Å². The highest BCUT2D eigenvalue weighted by Crippen LogP contribution is 2.16. The van der Waals surface area contributed by atoms with Gasteiger partial charge >= 0.3 is 0 Å². The minimum Gasteiger partial charge on any atom is -0.327 e. The van der Waals surface area contributed by atoms with Gasteiger partial charge in [-0.15, -0.1) is 0 Å². The second-order valence-corrected chi connectivity index (χ2v) is 5.84. The van der Waals surface area contributed by atoms with Crippen LogP contribution in [0.3, 0.4) is 0 Å². The van der Waals surface area contributed by atoms with E-state index >= 15 is 0 Å². The summed E-state index contributed by atoms with van der Waals surface area (Å²) in [6.07, 6.45) is 6.87. The zero-order valence-corrected chi connectivity index (χ0v) is 11.8. The number of thioether (sulfide) groups is 1. The fraction of sp³-hybridized carbons (Fsp3) is 0.692. The van der Waals surface area contributed by atoms with Crippen LogP contribution in [0.25, 0.3) is 0 Å². The maximum Gasteiger partial charge on any atom is 0.187 e. The highest BCUT2D eigenvalue weighted by Gasteiger charge is 2.04. The summed E-state index contributed by atoms with van der Waals surface area (Å²) in [7, 11) is 0. The van der Waals surface area contributed by atoms with Crippen molar-refractivity contribution in [3.05, 3.63) is 18.0 Å². The first-order valence-corrected chi connectivity index (χ1v) is 7.29. The standard InChI is InChI=1S/C13H23N3S/c1-4-12(14)7-11-8-15-13(16-9-11)17-6-5-10(2)3/h8-10,12H,4-7,14H2,1-3H3. The lowest BCUT2D eigenvalue weighted by Gasteiger charge is -2.08. The molecule has 0 saturated heterocycles. The third-order valence-corrected chi connectivity index (χ3v) is 3.54. The van der Waals surface area contributed by atoms with Gasteiger partial charge in [-0.2, -0.15) is 0 Å². The van der Waals surface area contributed by atoms with Crippen molar-refractivity contribution in [2.24, 2.45) is 11.7 Å². The van der Waals surface area contributed by atoms with Crippen LogP contribution in [0.5, 0.6) is 0 Å². The molecule has 0 saturated carbocycles. The number of aromatic nitrogens is 2. The van der Waals surface area contributed by atoms with E-state index in [1.807, 2.05) is 12.4 Å². The van der Waals surface area contributed by atoms with Gasteiger partial charge in [0.1, 0.15) is 0 Å². The molecule has 17 heavy (non-hydrogen) atoms. The zero-order valence-electron chi connectivity index (χ0n) is 11.0. The first-order valence-electron chi connectivity index (χ1n) is 6.31. The van der Waals surface area contributed by atoms with Gasteiger partial charge in [-0.05, 0) is 30.7 Å². The van der Waals surface area contributed by atoms with Crippen molar-refractivity contribution >= 4 is 11.8 Å². The molecule has 96 valence electrons. The molecule has 1 aromatic rings. The minimum absolute atomic E-state index is 0.220. The molecule has 0 spiro atoms. The minimum atomic E-state index is 0.220. The van der Waals surface area contributed by atoms with Crippen molar-refractivity contribution in [3.8, 4) is 0 Å². The van der Waals surface area contributed by atoms with Crippen LogP contribution >= 0.6 is 11.8 Å². The molecule has 0 amide bonds. The molecule has 1 aromatic heterocycles. The maximum atomic E-state index is 5.90. The maximum absolute atomic E-state index is 5.90. The van der Waals surface area contributed by atoms with Crippen LogP contribution < -0.4 is 5.73 Å². The quantitative estimate of drug-likeness (QED) is 0.599. The molecule has 0 aromatic carbocycles. The molecule has 1 atom stereocenters. The molecule has 0 radical (unpaired) electrons. The van der Waals surface area contributed by atoms with E-state index in [4.69, 9.17) is 5.73 Å². The number of nitrogens with two attached hydrogens (primary N) is 1. The monoisotopic (exact) mass is 253 g/mol. The number of rotatable bonds is 7. The van der Waals surface area contributed by atoms with E-state index in [0.717, 1.165) is 35.2 Å². The van der Waals surface area contributed by atoms with Gasteiger partial charge in [-0.1, -0.05) is 32.5 Å². The molecule has 0 aliphatic carbocycles. The molecular formula is C13H23N3S. The molecule has 0 aliphatic rings. The van der Waals surface area contributed by atoms with Gasteiger partial charge in [-0.3, -0.25) is 0 Å². The second kappa shape index (κ2) is 7.67. The fourth-order valence-electron chi connectivity index (χ4n) is 1.36. The van der Waals surface area contributed by atoms with Crippen molar-refractivity contribution in [3.63, 3.8) is 0 Å². The Morgan fingerprint density at radius 2 is 1.94 bits per heavy atom. The van der Waals surface area contributed by atoms with Gasteiger partial charge in [0, 0.05) is 24.2 Å². The zero-order chi connectivity index (χ0) is 12.7. The Hall–Kier alpha value is -0.610. The lowest BCUT2D eigenvalue weighted by atomic mass is 10.1. The fourth-order valence-corrected chi connectivity index (χ4v) is 2.38. The summed E-state index contributed by atoms with van der Waals surface area (Å²) in [5.74, 6) is 1.83. The summed E-state index contributed by atoms with van der Waals surface area (Å²) in [6, 6.07) is 0.220. The molecule has 1 heterocycles. The van der Waals surface area contributed by atoms with Crippen LogP contribution in [0.4, 0.5) is 0 Å². The summed E-state index contributed by atoms with van der Waals surface area (Å²) in [6.45, 7) is 6.56. The predicted molar refractivity (Wildman–Crippen MR) is 74.2 cm³/mol. The van der Waals surface area contributed by atoms with Crippen molar-refractivity contribution in [2.45, 2.75) is 51.2 Å². The summed E-state index contributed by atoms with van der Waals surface area (Å²) < 4.78 is 0. The predicted octanol–water partition coefficient (Wildman–Crippen LogP) is 2.89. The number of hydrogen-bond acceptors (Lipinski definition) is 4. The van der Waals surface area contributed by atoms with Crippen LogP contribution in [0.1, 0.15) is 39.2 Å². The van der Waals surface area contributed by atoms with Crippen molar-refractivity contribution in [1.82, 2.24) is 9.97 Å². The van der Waals surface area contributed by atoms with E-state index in [-0.39, 0.29) is 6.04 Å². The van der Waals surface area contributed by atoms with E-state index in [1.165, 1.54) is 6.42 Å². The highest BCUT2D eigenvalue weighted by molar-refractivity contribution is 7.99. The largest absolute Gasteiger partial charge is 0.327 e. The lowest BCUT2D eigenvalue weighted by Crippen LogP contribution is -2.21. The molecule has 0 bridgehead atoms. The molecule has 0 fully saturated rings. The van der Waals surface area contributed by atoms with Gasteiger partial charge in [0.15, 0.2) is 5.16 Å². The highest BCUT2D eigenvalue weighted by atomic mass is 32.2. The molecule has 2 N–H and O–H groups in total. The molecule has 1 unspecified atom stereocenters. The molecule has 1 rings (SSSR count). The van der Waals surface area contributed by atoms with Gasteiger partial charge < -0.3 is 5.73 Å². The van der Waals surface area contributed by atoms with E-state index in [9.17, 15) is 0 Å². The Bertz CT molecular complexity index is 311. The molecular weight excluding hydrogens is 230 g/mol. The lowest BCUT2D eigenvalue weighted by molar-refractivity contribution is 0.631. The van der Waals surface area contributed by atoms with E-state index in [1.54, 1.807) is 11.8 Å². The van der Waals surface area contributed by atoms with Gasteiger partial charge in [-0.25, -0.2) is 9.97 Å². The van der Waals surface area contributed by atoms with Crippen LogP contribution in [0, 0.1) is 5.92 Å². The van der Waals surface area contributed by atoms with E-state index in [2.05, 4.69) is 30.7 Å². The van der Waals surface area contributed by atoms with Gasteiger partial charge in [0.05, 0.1) is 0 Å². The Morgan fingerprint density at radius 1 is 1.29 bits per heavy atom. The topological polar surface area (TPSA) is 51.8 Å². The van der Waals surface area contributed by atoms with Crippen LogP contribution in [-0.2, 0) is 6.42 Å². The Morgan fingerprint density at radius 3 is 2.47 bits per heavy atom. The van der Waals surface area contributed by atoms with Crippen LogP contribution in [0.2, 0.25) is 0 Å². The molecule has 4 heteroatoms. The van der Waals surface area contributed by atoms with Gasteiger partial charge in [0.25, 0.3) is 0 Å². The van der Waals surface area contributed by atoms with Crippen molar-refractivity contribution in [2.75, 3.05) is 5.75 Å². The third kappa shape index (κ3) is 6.03. The SMILES string of the molecule is CCC(N)Cc1cnc(SCCC(C)C)nc1. The first-order chi connectivity index (χ1) is 8.11. The summed E-state index contributed by atoms with van der Waals surface area (Å²) in [5, 5.41) is 0.875. The Labute approximate surface area is 109 Å².